The molecule has 0 radical (unpaired) electrons. The largest absolute Gasteiger partial charge is 0.506 e. The van der Waals surface area contributed by atoms with Crippen molar-refractivity contribution in [2.45, 2.75) is 13.8 Å². The van der Waals surface area contributed by atoms with E-state index in [1.165, 1.54) is 0 Å². The van der Waals surface area contributed by atoms with Gasteiger partial charge in [0, 0.05) is 16.8 Å². The van der Waals surface area contributed by atoms with Gasteiger partial charge in [-0.05, 0) is 38.1 Å². The van der Waals surface area contributed by atoms with Gasteiger partial charge in [0.1, 0.15) is 11.3 Å². The van der Waals surface area contributed by atoms with E-state index in [2.05, 4.69) is 10.3 Å². The molecule has 0 saturated carbocycles. The number of carbonyl (C=O) groups excluding carboxylic acids is 1. The van der Waals surface area contributed by atoms with Gasteiger partial charge in [-0.25, -0.2) is 4.99 Å². The SMILES string of the molecule is Cc1ccc(N=C2C(C(=O)Nc3ccc(C)cc3)=C(O)c3ccccc32)cc1. The topological polar surface area (TPSA) is 61.7 Å². The normalized spacial score (nSPS) is 14.3. The van der Waals surface area contributed by atoms with Crippen LogP contribution >= 0.6 is 0 Å². The molecule has 28 heavy (non-hydrogen) atoms. The van der Waals surface area contributed by atoms with Gasteiger partial charge in [-0.15, -0.1) is 0 Å². The molecule has 1 amide bonds. The Hall–Kier alpha value is -3.66. The number of nitrogens with zero attached hydrogens (tertiary/aromatic N) is 1. The second-order valence-corrected chi connectivity index (χ2v) is 6.89. The lowest BCUT2D eigenvalue weighted by atomic mass is 10.1. The molecule has 2 N–H and O–H groups in total. The molecule has 0 unspecified atom stereocenters. The summed E-state index contributed by atoms with van der Waals surface area (Å²) in [6.07, 6.45) is 0. The van der Waals surface area contributed by atoms with Crippen LogP contribution in [-0.2, 0) is 4.79 Å². The van der Waals surface area contributed by atoms with Crippen LogP contribution in [0, 0.1) is 13.8 Å². The predicted molar refractivity (Wildman–Crippen MR) is 113 cm³/mol. The van der Waals surface area contributed by atoms with Crippen LogP contribution < -0.4 is 5.32 Å². The molecule has 0 atom stereocenters. The number of aliphatic hydroxyl groups excluding tert-OH is 1. The van der Waals surface area contributed by atoms with Crippen molar-refractivity contribution in [2.75, 3.05) is 5.32 Å². The summed E-state index contributed by atoms with van der Waals surface area (Å²) in [5.74, 6) is -0.436. The van der Waals surface area contributed by atoms with Gasteiger partial charge in [0.15, 0.2) is 0 Å². The fraction of sp³-hybridized carbons (Fsp3) is 0.0833. The number of carbonyl (C=O) groups is 1. The fourth-order valence-corrected chi connectivity index (χ4v) is 3.19. The van der Waals surface area contributed by atoms with Crippen LogP contribution in [0.4, 0.5) is 11.4 Å². The lowest BCUT2D eigenvalue weighted by Gasteiger charge is -2.09. The van der Waals surface area contributed by atoms with E-state index in [1.807, 2.05) is 80.6 Å². The first-order valence-electron chi connectivity index (χ1n) is 9.10. The first-order valence-corrected chi connectivity index (χ1v) is 9.10. The van der Waals surface area contributed by atoms with E-state index >= 15 is 0 Å². The summed E-state index contributed by atoms with van der Waals surface area (Å²) in [5.41, 5.74) is 5.65. The molecule has 0 saturated heterocycles. The Bertz CT molecular complexity index is 1110. The summed E-state index contributed by atoms with van der Waals surface area (Å²) in [5, 5.41) is 13.6. The molecular weight excluding hydrogens is 348 g/mol. The van der Waals surface area contributed by atoms with E-state index in [4.69, 9.17) is 0 Å². The molecule has 0 heterocycles. The number of fused-ring (bicyclic) bond motifs is 1. The Morgan fingerprint density at radius 2 is 1.39 bits per heavy atom. The number of aryl methyl sites for hydroxylation is 2. The molecule has 0 spiro atoms. The molecule has 0 aromatic heterocycles. The standard InChI is InChI=1S/C24H20N2O2/c1-15-7-11-17(12-8-15)25-22-19-5-3-4-6-20(19)23(27)21(22)24(28)26-18-13-9-16(2)10-14-18/h3-14,27H,1-2H3,(H,26,28). The summed E-state index contributed by atoms with van der Waals surface area (Å²) >= 11 is 0. The Morgan fingerprint density at radius 1 is 0.821 bits per heavy atom. The van der Waals surface area contributed by atoms with Gasteiger partial charge in [-0.3, -0.25) is 4.79 Å². The van der Waals surface area contributed by atoms with Crippen molar-refractivity contribution in [1.82, 2.24) is 0 Å². The first kappa shape index (κ1) is 17.7. The van der Waals surface area contributed by atoms with Gasteiger partial charge in [0.25, 0.3) is 5.91 Å². The average molecular weight is 368 g/mol. The smallest absolute Gasteiger partial charge is 0.261 e. The molecule has 0 bridgehead atoms. The van der Waals surface area contributed by atoms with Gasteiger partial charge in [-0.2, -0.15) is 0 Å². The molecule has 0 aliphatic heterocycles. The lowest BCUT2D eigenvalue weighted by molar-refractivity contribution is -0.112. The number of aliphatic imine (C=N–C) groups is 1. The number of rotatable bonds is 3. The van der Waals surface area contributed by atoms with E-state index in [-0.39, 0.29) is 17.2 Å². The van der Waals surface area contributed by atoms with Gasteiger partial charge in [0.2, 0.25) is 0 Å². The van der Waals surface area contributed by atoms with E-state index in [1.54, 1.807) is 6.07 Å². The maximum Gasteiger partial charge on any atom is 0.261 e. The highest BCUT2D eigenvalue weighted by atomic mass is 16.3. The van der Waals surface area contributed by atoms with Crippen molar-refractivity contribution in [1.29, 1.82) is 0 Å². The summed E-state index contributed by atoms with van der Waals surface area (Å²) < 4.78 is 0. The van der Waals surface area contributed by atoms with Crippen molar-refractivity contribution in [3.8, 4) is 0 Å². The van der Waals surface area contributed by atoms with Crippen LogP contribution in [0.15, 0.2) is 83.4 Å². The van der Waals surface area contributed by atoms with Crippen molar-refractivity contribution < 1.29 is 9.90 Å². The fourth-order valence-electron chi connectivity index (χ4n) is 3.19. The van der Waals surface area contributed by atoms with E-state index < -0.39 is 0 Å². The van der Waals surface area contributed by atoms with Gasteiger partial charge >= 0.3 is 0 Å². The monoisotopic (exact) mass is 368 g/mol. The number of aliphatic hydroxyl groups is 1. The number of hydrogen-bond acceptors (Lipinski definition) is 3. The Labute approximate surface area is 163 Å². The average Bonchev–Trinajstić information content (AvgIpc) is 2.98. The molecule has 1 aliphatic carbocycles. The number of amides is 1. The molecular formula is C24H20N2O2. The van der Waals surface area contributed by atoms with Crippen LogP contribution in [0.5, 0.6) is 0 Å². The summed E-state index contributed by atoms with van der Waals surface area (Å²) in [6.45, 7) is 3.99. The molecule has 4 rings (SSSR count). The number of hydrogen-bond donors (Lipinski definition) is 2. The van der Waals surface area contributed by atoms with E-state index in [0.29, 0.717) is 17.0 Å². The van der Waals surface area contributed by atoms with Crippen LogP contribution in [0.25, 0.3) is 5.76 Å². The number of anilines is 1. The Morgan fingerprint density at radius 3 is 2.04 bits per heavy atom. The molecule has 0 fully saturated rings. The third kappa shape index (κ3) is 3.32. The van der Waals surface area contributed by atoms with Crippen LogP contribution in [-0.4, -0.2) is 16.7 Å². The Kier molecular flexibility index (Phi) is 4.53. The molecule has 4 heteroatoms. The quantitative estimate of drug-likeness (QED) is 0.655. The summed E-state index contributed by atoms with van der Waals surface area (Å²) in [6, 6.07) is 22.6. The van der Waals surface area contributed by atoms with E-state index in [9.17, 15) is 9.90 Å². The van der Waals surface area contributed by atoms with Crippen LogP contribution in [0.1, 0.15) is 22.3 Å². The summed E-state index contributed by atoms with van der Waals surface area (Å²) in [4.78, 5) is 17.7. The Balaban J connectivity index is 1.76. The van der Waals surface area contributed by atoms with E-state index in [0.717, 1.165) is 22.4 Å². The molecule has 3 aromatic rings. The number of nitrogens with one attached hydrogen (secondary N) is 1. The lowest BCUT2D eigenvalue weighted by Crippen LogP contribution is -2.19. The van der Waals surface area contributed by atoms with Gasteiger partial charge in [0.05, 0.1) is 11.4 Å². The first-order chi connectivity index (χ1) is 13.5. The van der Waals surface area contributed by atoms with Crippen molar-refractivity contribution in [3.05, 3.63) is 101 Å². The van der Waals surface area contributed by atoms with Crippen molar-refractivity contribution in [2.24, 2.45) is 4.99 Å². The van der Waals surface area contributed by atoms with Crippen molar-refractivity contribution >= 4 is 28.8 Å². The molecule has 4 nitrogen and oxygen atoms in total. The zero-order chi connectivity index (χ0) is 19.7. The minimum atomic E-state index is -0.386. The molecule has 3 aromatic carbocycles. The van der Waals surface area contributed by atoms with Gasteiger partial charge < -0.3 is 10.4 Å². The minimum absolute atomic E-state index is 0.0499. The van der Waals surface area contributed by atoms with Crippen molar-refractivity contribution in [3.63, 3.8) is 0 Å². The van der Waals surface area contributed by atoms with Gasteiger partial charge in [-0.1, -0.05) is 59.7 Å². The third-order valence-electron chi connectivity index (χ3n) is 4.72. The second-order valence-electron chi connectivity index (χ2n) is 6.89. The molecule has 1 aliphatic rings. The highest BCUT2D eigenvalue weighted by Crippen LogP contribution is 2.34. The highest BCUT2D eigenvalue weighted by Gasteiger charge is 2.32. The number of benzene rings is 3. The summed E-state index contributed by atoms with van der Waals surface area (Å²) in [7, 11) is 0. The third-order valence-corrected chi connectivity index (χ3v) is 4.72. The minimum Gasteiger partial charge on any atom is -0.506 e. The maximum absolute atomic E-state index is 13.0. The second kappa shape index (κ2) is 7.16. The highest BCUT2D eigenvalue weighted by molar-refractivity contribution is 6.38. The maximum atomic E-state index is 13.0. The predicted octanol–water partition coefficient (Wildman–Crippen LogP) is 5.35. The molecule has 138 valence electrons. The zero-order valence-corrected chi connectivity index (χ0v) is 15.7. The van der Waals surface area contributed by atoms with Crippen LogP contribution in [0.2, 0.25) is 0 Å². The zero-order valence-electron chi connectivity index (χ0n) is 15.7. The van der Waals surface area contributed by atoms with Crippen LogP contribution in [0.3, 0.4) is 0 Å².